The summed E-state index contributed by atoms with van der Waals surface area (Å²) < 4.78 is 1.19. The van der Waals surface area contributed by atoms with Crippen LogP contribution in [0.25, 0.3) is 10.6 Å². The zero-order valence-corrected chi connectivity index (χ0v) is 14.5. The van der Waals surface area contributed by atoms with Gasteiger partial charge in [-0.1, -0.05) is 12.1 Å². The van der Waals surface area contributed by atoms with Crippen molar-refractivity contribution < 1.29 is 4.79 Å². The third kappa shape index (κ3) is 3.67. The zero-order valence-electron chi connectivity index (χ0n) is 11.6. The van der Waals surface area contributed by atoms with Crippen molar-refractivity contribution in [2.45, 2.75) is 6.92 Å². The molecule has 0 radical (unpaired) electrons. The van der Waals surface area contributed by atoms with Crippen LogP contribution in [0.2, 0.25) is 0 Å². The topological polar surface area (TPSA) is 33.2 Å². The molecule has 5 heteroatoms. The number of hydrogen-bond donors (Lipinski definition) is 0. The van der Waals surface area contributed by atoms with E-state index in [1.807, 2.05) is 50.2 Å². The van der Waals surface area contributed by atoms with Gasteiger partial charge in [-0.25, -0.2) is 4.98 Å². The van der Waals surface area contributed by atoms with E-state index in [9.17, 15) is 4.79 Å². The highest BCUT2D eigenvalue weighted by atomic mass is 127. The van der Waals surface area contributed by atoms with E-state index in [1.54, 1.807) is 12.3 Å². The van der Waals surface area contributed by atoms with E-state index in [2.05, 4.69) is 27.6 Å². The second kappa shape index (κ2) is 6.49. The highest BCUT2D eigenvalue weighted by molar-refractivity contribution is 14.1. The van der Waals surface area contributed by atoms with Crippen molar-refractivity contribution in [1.82, 2.24) is 9.88 Å². The number of aryl methyl sites for hydroxylation is 1. The molecule has 1 heterocycles. The molecule has 2 aromatic rings. The van der Waals surface area contributed by atoms with Gasteiger partial charge in [-0.3, -0.25) is 4.79 Å². The van der Waals surface area contributed by atoms with Crippen LogP contribution in [0.15, 0.2) is 36.5 Å². The summed E-state index contributed by atoms with van der Waals surface area (Å²) in [4.78, 5) is 19.2. The molecule has 0 N–H and O–H groups in total. The van der Waals surface area contributed by atoms with Crippen molar-refractivity contribution in [3.05, 3.63) is 50.7 Å². The number of rotatable bonds is 4. The number of carbonyl (C=O) groups is 1. The molecule has 0 fully saturated rings. The van der Waals surface area contributed by atoms with Crippen LogP contribution in [0, 0.1) is 10.5 Å². The van der Waals surface area contributed by atoms with E-state index in [0.717, 1.165) is 16.3 Å². The van der Waals surface area contributed by atoms with Crippen LogP contribution in [-0.2, 0) is 0 Å². The Kier molecular flexibility index (Phi) is 4.93. The van der Waals surface area contributed by atoms with Crippen LogP contribution in [0.3, 0.4) is 0 Å². The van der Waals surface area contributed by atoms with Gasteiger partial charge in [0.15, 0.2) is 5.78 Å². The Balaban J connectivity index is 2.30. The van der Waals surface area contributed by atoms with E-state index in [-0.39, 0.29) is 5.78 Å². The molecule has 0 bridgehead atoms. The van der Waals surface area contributed by atoms with Crippen LogP contribution in [-0.4, -0.2) is 29.8 Å². The summed E-state index contributed by atoms with van der Waals surface area (Å²) in [6.07, 6.45) is 3.34. The fraction of sp³-hybridized carbons (Fsp3) is 0.200. The smallest absolute Gasteiger partial charge is 0.199 e. The molecular formula is C15H15IN2OS. The Hall–Kier alpha value is -1.21. The van der Waals surface area contributed by atoms with Gasteiger partial charge in [-0.2, -0.15) is 0 Å². The van der Waals surface area contributed by atoms with Crippen LogP contribution in [0.4, 0.5) is 0 Å². The minimum absolute atomic E-state index is 0.00506. The molecule has 0 saturated carbocycles. The molecule has 0 spiro atoms. The molecular weight excluding hydrogens is 383 g/mol. The van der Waals surface area contributed by atoms with Gasteiger partial charge >= 0.3 is 0 Å². The lowest BCUT2D eigenvalue weighted by molar-refractivity contribution is 0.104. The molecule has 2 rings (SSSR count). The molecule has 3 nitrogen and oxygen atoms in total. The number of carbonyl (C=O) groups excluding carboxylic acids is 1. The fourth-order valence-corrected chi connectivity index (χ4v) is 2.98. The standard InChI is InChI=1S/C15H15IN2OS/c1-10-14(13(19)8-9-18(2)3)20-15(17-10)11-4-6-12(16)7-5-11/h4-9H,1-3H3/b9-8+. The first kappa shape index (κ1) is 15.2. The van der Waals surface area contributed by atoms with Gasteiger partial charge in [0, 0.05) is 35.5 Å². The summed E-state index contributed by atoms with van der Waals surface area (Å²) in [6.45, 7) is 1.88. The number of thiazole rings is 1. The lowest BCUT2D eigenvalue weighted by Gasteiger charge is -2.01. The first-order chi connectivity index (χ1) is 9.47. The van der Waals surface area contributed by atoms with Gasteiger partial charge in [0.25, 0.3) is 0 Å². The molecule has 1 aromatic heterocycles. The molecule has 0 atom stereocenters. The summed E-state index contributed by atoms with van der Waals surface area (Å²) in [7, 11) is 3.78. The molecule has 0 unspecified atom stereocenters. The number of halogens is 1. The van der Waals surface area contributed by atoms with Crippen molar-refractivity contribution in [2.75, 3.05) is 14.1 Å². The summed E-state index contributed by atoms with van der Waals surface area (Å²) in [5, 5.41) is 0.889. The second-order valence-corrected chi connectivity index (χ2v) is 6.83. The van der Waals surface area contributed by atoms with Crippen LogP contribution in [0.5, 0.6) is 0 Å². The van der Waals surface area contributed by atoms with Crippen molar-refractivity contribution in [3.8, 4) is 10.6 Å². The highest BCUT2D eigenvalue weighted by Gasteiger charge is 2.14. The van der Waals surface area contributed by atoms with Crippen molar-refractivity contribution >= 4 is 39.7 Å². The second-order valence-electron chi connectivity index (χ2n) is 4.58. The van der Waals surface area contributed by atoms with Gasteiger partial charge in [0.05, 0.1) is 10.6 Å². The average molecular weight is 398 g/mol. The van der Waals surface area contributed by atoms with E-state index >= 15 is 0 Å². The number of hydrogen-bond acceptors (Lipinski definition) is 4. The molecule has 104 valence electrons. The summed E-state index contributed by atoms with van der Waals surface area (Å²) >= 11 is 3.72. The largest absolute Gasteiger partial charge is 0.383 e. The molecule has 0 aliphatic carbocycles. The number of nitrogens with zero attached hydrogens (tertiary/aromatic N) is 2. The van der Waals surface area contributed by atoms with Gasteiger partial charge in [0.2, 0.25) is 0 Å². The van der Waals surface area contributed by atoms with Crippen LogP contribution < -0.4 is 0 Å². The summed E-state index contributed by atoms with van der Waals surface area (Å²) in [5.74, 6) is 0.00506. The predicted molar refractivity (Wildman–Crippen MR) is 92.2 cm³/mol. The van der Waals surface area contributed by atoms with Gasteiger partial charge in [-0.15, -0.1) is 11.3 Å². The Morgan fingerprint density at radius 2 is 1.95 bits per heavy atom. The average Bonchev–Trinajstić information content (AvgIpc) is 2.79. The first-order valence-electron chi connectivity index (χ1n) is 6.09. The predicted octanol–water partition coefficient (Wildman–Crippen LogP) is 3.98. The Bertz CT molecular complexity index is 644. The van der Waals surface area contributed by atoms with Crippen LogP contribution in [0.1, 0.15) is 15.4 Å². The summed E-state index contributed by atoms with van der Waals surface area (Å²) in [6, 6.07) is 8.15. The zero-order chi connectivity index (χ0) is 14.7. The molecule has 20 heavy (non-hydrogen) atoms. The monoisotopic (exact) mass is 398 g/mol. The van der Waals surface area contributed by atoms with Crippen molar-refractivity contribution in [2.24, 2.45) is 0 Å². The fourth-order valence-electron chi connectivity index (χ4n) is 1.63. The number of benzene rings is 1. The molecule has 0 aliphatic rings. The van der Waals surface area contributed by atoms with Crippen LogP contribution >= 0.6 is 33.9 Å². The number of allylic oxidation sites excluding steroid dienone is 1. The van der Waals surface area contributed by atoms with E-state index in [0.29, 0.717) is 4.88 Å². The normalized spacial score (nSPS) is 11.0. The molecule has 0 amide bonds. The molecule has 0 aliphatic heterocycles. The Labute approximate surface area is 136 Å². The Morgan fingerprint density at radius 3 is 2.55 bits per heavy atom. The lowest BCUT2D eigenvalue weighted by Crippen LogP contribution is -2.02. The quantitative estimate of drug-likeness (QED) is 0.444. The summed E-state index contributed by atoms with van der Waals surface area (Å²) in [5.41, 5.74) is 1.84. The van der Waals surface area contributed by atoms with Crippen molar-refractivity contribution in [3.63, 3.8) is 0 Å². The third-order valence-electron chi connectivity index (χ3n) is 2.64. The van der Waals surface area contributed by atoms with Gasteiger partial charge in [-0.05, 0) is 41.6 Å². The van der Waals surface area contributed by atoms with E-state index in [1.165, 1.54) is 14.9 Å². The van der Waals surface area contributed by atoms with Crippen molar-refractivity contribution in [1.29, 1.82) is 0 Å². The number of ketones is 1. The first-order valence-corrected chi connectivity index (χ1v) is 7.99. The van der Waals surface area contributed by atoms with E-state index in [4.69, 9.17) is 0 Å². The van der Waals surface area contributed by atoms with E-state index < -0.39 is 0 Å². The van der Waals surface area contributed by atoms with Gasteiger partial charge in [0.1, 0.15) is 5.01 Å². The minimum atomic E-state index is 0.00506. The molecule has 0 saturated heterocycles. The molecule has 1 aromatic carbocycles. The maximum absolute atomic E-state index is 12.1. The number of aromatic nitrogens is 1. The maximum Gasteiger partial charge on any atom is 0.199 e. The lowest BCUT2D eigenvalue weighted by atomic mass is 10.2. The maximum atomic E-state index is 12.1. The third-order valence-corrected chi connectivity index (χ3v) is 4.58. The Morgan fingerprint density at radius 1 is 1.30 bits per heavy atom. The SMILES string of the molecule is Cc1nc(-c2ccc(I)cc2)sc1C(=O)/C=C/N(C)C. The minimum Gasteiger partial charge on any atom is -0.383 e. The highest BCUT2D eigenvalue weighted by Crippen LogP contribution is 2.28. The van der Waals surface area contributed by atoms with Gasteiger partial charge < -0.3 is 4.90 Å².